The summed E-state index contributed by atoms with van der Waals surface area (Å²) in [7, 11) is 1.50. The van der Waals surface area contributed by atoms with Crippen molar-refractivity contribution in [1.82, 2.24) is 4.98 Å². The van der Waals surface area contributed by atoms with Gasteiger partial charge < -0.3 is 15.2 Å². The van der Waals surface area contributed by atoms with Crippen LogP contribution in [0.4, 0.5) is 0 Å². The lowest BCUT2D eigenvalue weighted by Gasteiger charge is -2.05. The molecule has 0 fully saturated rings. The molecule has 0 saturated heterocycles. The summed E-state index contributed by atoms with van der Waals surface area (Å²) in [5.74, 6) is 2.27. The molecule has 3 rings (SSSR count). The molecule has 0 radical (unpaired) electrons. The van der Waals surface area contributed by atoms with E-state index in [-0.39, 0.29) is 0 Å². The van der Waals surface area contributed by atoms with Crippen LogP contribution in [0.3, 0.4) is 0 Å². The second-order valence-electron chi connectivity index (χ2n) is 3.29. The van der Waals surface area contributed by atoms with Gasteiger partial charge in [0.05, 0.1) is 0 Å². The lowest BCUT2D eigenvalue weighted by atomic mass is 10.3. The Morgan fingerprint density at radius 1 is 1.00 bits per heavy atom. The molecule has 0 atom stereocenters. The fraction of sp³-hybridized carbons (Fsp3) is 0.154. The highest BCUT2D eigenvalue weighted by Gasteiger charge is 2.14. The Labute approximate surface area is 100 Å². The highest BCUT2D eigenvalue weighted by atomic mass is 16.5. The standard InChI is InChI=1S/C12H9NO2.CH5N/c1-2-5-12-11(4-1)14-8-9-10(15-12)6-3-7-13-9;1-2/h1-7H,8H2;2H2,1H3. The van der Waals surface area contributed by atoms with Crippen LogP contribution in [0.1, 0.15) is 5.69 Å². The maximum Gasteiger partial charge on any atom is 0.169 e. The molecule has 0 bridgehead atoms. The van der Waals surface area contributed by atoms with Crippen LogP contribution in [0.25, 0.3) is 0 Å². The number of benzene rings is 1. The summed E-state index contributed by atoms with van der Waals surface area (Å²) in [5, 5.41) is 0. The van der Waals surface area contributed by atoms with Crippen LogP contribution in [0.15, 0.2) is 42.6 Å². The summed E-state index contributed by atoms with van der Waals surface area (Å²) in [6.07, 6.45) is 1.74. The molecule has 2 N–H and O–H groups in total. The topological polar surface area (TPSA) is 57.4 Å². The largest absolute Gasteiger partial charge is 0.483 e. The van der Waals surface area contributed by atoms with E-state index < -0.39 is 0 Å². The highest BCUT2D eigenvalue weighted by Crippen LogP contribution is 2.35. The molecule has 17 heavy (non-hydrogen) atoms. The SMILES string of the molecule is CN.c1ccc2c(c1)OCc1ncccc1O2. The van der Waals surface area contributed by atoms with Gasteiger partial charge in [0, 0.05) is 6.20 Å². The van der Waals surface area contributed by atoms with Crippen LogP contribution in [-0.2, 0) is 6.61 Å². The molecule has 1 aromatic carbocycles. The van der Waals surface area contributed by atoms with E-state index in [1.807, 2.05) is 36.4 Å². The van der Waals surface area contributed by atoms with Gasteiger partial charge in [0.25, 0.3) is 0 Å². The fourth-order valence-corrected chi connectivity index (χ4v) is 1.54. The van der Waals surface area contributed by atoms with Gasteiger partial charge in [0.1, 0.15) is 12.3 Å². The van der Waals surface area contributed by atoms with E-state index in [0.717, 1.165) is 22.9 Å². The Morgan fingerprint density at radius 3 is 2.53 bits per heavy atom. The first-order valence-electron chi connectivity index (χ1n) is 5.35. The number of nitrogens with zero attached hydrogens (tertiary/aromatic N) is 1. The number of aromatic nitrogens is 1. The zero-order valence-electron chi connectivity index (χ0n) is 9.59. The van der Waals surface area contributed by atoms with E-state index in [0.29, 0.717) is 6.61 Å². The van der Waals surface area contributed by atoms with Crippen molar-refractivity contribution in [2.45, 2.75) is 6.61 Å². The first-order chi connectivity index (χ1) is 8.43. The van der Waals surface area contributed by atoms with Crippen LogP contribution in [0.5, 0.6) is 17.2 Å². The first kappa shape index (κ1) is 11.4. The first-order valence-corrected chi connectivity index (χ1v) is 5.35. The van der Waals surface area contributed by atoms with Crippen molar-refractivity contribution in [2.75, 3.05) is 7.05 Å². The van der Waals surface area contributed by atoms with Gasteiger partial charge in [-0.1, -0.05) is 12.1 Å². The Bertz CT molecular complexity index is 455. The lowest BCUT2D eigenvalue weighted by molar-refractivity contribution is 0.303. The third-order valence-electron chi connectivity index (χ3n) is 2.28. The molecule has 4 nitrogen and oxygen atoms in total. The summed E-state index contributed by atoms with van der Waals surface area (Å²) in [4.78, 5) is 4.21. The van der Waals surface area contributed by atoms with Gasteiger partial charge in [-0.15, -0.1) is 0 Å². The zero-order valence-corrected chi connectivity index (χ0v) is 9.59. The normalized spacial score (nSPS) is 11.6. The van der Waals surface area contributed by atoms with Gasteiger partial charge in [-0.2, -0.15) is 0 Å². The molecular weight excluding hydrogens is 216 g/mol. The number of para-hydroxylation sites is 2. The Kier molecular flexibility index (Phi) is 3.57. The number of pyridine rings is 1. The molecular formula is C13H14N2O2. The average Bonchev–Trinajstić information content (AvgIpc) is 2.60. The van der Waals surface area contributed by atoms with Crippen molar-refractivity contribution in [1.29, 1.82) is 0 Å². The Balaban J connectivity index is 0.000000514. The van der Waals surface area contributed by atoms with Crippen molar-refractivity contribution < 1.29 is 9.47 Å². The summed E-state index contributed by atoms with van der Waals surface area (Å²) >= 11 is 0. The van der Waals surface area contributed by atoms with Crippen molar-refractivity contribution in [3.05, 3.63) is 48.3 Å². The number of fused-ring (bicyclic) bond motifs is 2. The summed E-state index contributed by atoms with van der Waals surface area (Å²) in [5.41, 5.74) is 5.33. The van der Waals surface area contributed by atoms with E-state index in [4.69, 9.17) is 9.47 Å². The molecule has 1 aromatic heterocycles. The molecule has 0 amide bonds. The van der Waals surface area contributed by atoms with Gasteiger partial charge in [0.15, 0.2) is 17.2 Å². The monoisotopic (exact) mass is 230 g/mol. The molecule has 88 valence electrons. The zero-order chi connectivity index (χ0) is 12.1. The lowest BCUT2D eigenvalue weighted by Crippen LogP contribution is -1.95. The minimum atomic E-state index is 0.452. The van der Waals surface area contributed by atoms with Crippen LogP contribution < -0.4 is 15.2 Å². The Morgan fingerprint density at radius 2 is 1.71 bits per heavy atom. The van der Waals surface area contributed by atoms with Gasteiger partial charge in [0.2, 0.25) is 0 Å². The molecule has 0 spiro atoms. The number of rotatable bonds is 0. The number of hydrogen-bond donors (Lipinski definition) is 1. The average molecular weight is 230 g/mol. The van der Waals surface area contributed by atoms with Crippen LogP contribution >= 0.6 is 0 Å². The third kappa shape index (κ3) is 2.37. The van der Waals surface area contributed by atoms with E-state index in [1.54, 1.807) is 6.20 Å². The van der Waals surface area contributed by atoms with E-state index >= 15 is 0 Å². The van der Waals surface area contributed by atoms with E-state index in [2.05, 4.69) is 10.7 Å². The van der Waals surface area contributed by atoms with E-state index in [1.165, 1.54) is 7.05 Å². The maximum absolute atomic E-state index is 5.71. The third-order valence-corrected chi connectivity index (χ3v) is 2.28. The predicted molar refractivity (Wildman–Crippen MR) is 65.2 cm³/mol. The molecule has 1 aliphatic heterocycles. The summed E-state index contributed by atoms with van der Waals surface area (Å²) < 4.78 is 11.3. The number of hydrogen-bond acceptors (Lipinski definition) is 4. The van der Waals surface area contributed by atoms with Crippen LogP contribution in [-0.4, -0.2) is 12.0 Å². The van der Waals surface area contributed by atoms with Gasteiger partial charge in [-0.25, -0.2) is 0 Å². The molecule has 1 aliphatic rings. The molecule has 2 aromatic rings. The number of nitrogens with two attached hydrogens (primary N) is 1. The van der Waals surface area contributed by atoms with Crippen LogP contribution in [0.2, 0.25) is 0 Å². The molecule has 0 unspecified atom stereocenters. The van der Waals surface area contributed by atoms with Gasteiger partial charge in [-0.05, 0) is 31.3 Å². The minimum Gasteiger partial charge on any atom is -0.483 e. The van der Waals surface area contributed by atoms with Crippen molar-refractivity contribution in [3.63, 3.8) is 0 Å². The van der Waals surface area contributed by atoms with Crippen molar-refractivity contribution in [3.8, 4) is 17.2 Å². The second-order valence-corrected chi connectivity index (χ2v) is 3.29. The maximum atomic E-state index is 5.71. The summed E-state index contributed by atoms with van der Waals surface area (Å²) in [6, 6.07) is 11.4. The quantitative estimate of drug-likeness (QED) is 0.754. The fourth-order valence-electron chi connectivity index (χ4n) is 1.54. The molecule has 0 aliphatic carbocycles. The van der Waals surface area contributed by atoms with Gasteiger partial charge >= 0.3 is 0 Å². The van der Waals surface area contributed by atoms with E-state index in [9.17, 15) is 0 Å². The van der Waals surface area contributed by atoms with Gasteiger partial charge in [-0.3, -0.25) is 4.98 Å². The van der Waals surface area contributed by atoms with Crippen molar-refractivity contribution in [2.24, 2.45) is 5.73 Å². The molecule has 0 saturated carbocycles. The predicted octanol–water partition coefficient (Wildman–Crippen LogP) is 2.34. The summed E-state index contributed by atoms with van der Waals surface area (Å²) in [6.45, 7) is 0.452. The second kappa shape index (κ2) is 5.32. The van der Waals surface area contributed by atoms with Crippen molar-refractivity contribution >= 4 is 0 Å². The highest BCUT2D eigenvalue weighted by molar-refractivity contribution is 5.45. The number of ether oxygens (including phenoxy) is 2. The smallest absolute Gasteiger partial charge is 0.169 e. The molecule has 4 heteroatoms. The van der Waals surface area contributed by atoms with Crippen LogP contribution in [0, 0.1) is 0 Å². The minimum absolute atomic E-state index is 0.452. The molecule has 2 heterocycles. The Hall–Kier alpha value is -2.07.